The largest absolute Gasteiger partial charge is 0.480 e. The molecule has 0 fully saturated rings. The number of aliphatic carboxylic acids is 1. The van der Waals surface area contributed by atoms with E-state index in [2.05, 4.69) is 37.2 Å². The van der Waals surface area contributed by atoms with Crippen molar-refractivity contribution in [3.05, 3.63) is 35.9 Å². The van der Waals surface area contributed by atoms with Gasteiger partial charge in [-0.3, -0.25) is 38.4 Å². The Bertz CT molecular complexity index is 1600. The summed E-state index contributed by atoms with van der Waals surface area (Å²) in [7, 11) is 0. The van der Waals surface area contributed by atoms with Crippen LogP contribution < -0.4 is 48.7 Å². The zero-order valence-corrected chi connectivity index (χ0v) is 34.7. The molecule has 11 atom stereocenters. The van der Waals surface area contributed by atoms with Crippen LogP contribution in [0.25, 0.3) is 0 Å². The van der Waals surface area contributed by atoms with Crippen LogP contribution in [0.5, 0.6) is 0 Å². The number of hydrogen-bond acceptors (Lipinski definition) is 14. The Morgan fingerprint density at radius 3 is 1.43 bits per heavy atom. The molecule has 60 heavy (non-hydrogen) atoms. The van der Waals surface area contributed by atoms with Crippen LogP contribution in [0.15, 0.2) is 30.3 Å². The second-order valence-corrected chi connectivity index (χ2v) is 14.9. The first-order valence-corrected chi connectivity index (χ1v) is 19.6. The molecule has 0 aromatic heterocycles. The van der Waals surface area contributed by atoms with Crippen LogP contribution in [-0.2, 0) is 44.8 Å². The molecule has 1 aromatic carbocycles. The summed E-state index contributed by atoms with van der Waals surface area (Å²) in [5.41, 5.74) is 12.3. The molecule has 0 saturated carbocycles. The Balaban J connectivity index is 3.11. The summed E-state index contributed by atoms with van der Waals surface area (Å²) in [6, 6.07) is -3.30. The molecule has 0 unspecified atom stereocenters. The van der Waals surface area contributed by atoms with Crippen molar-refractivity contribution in [1.29, 1.82) is 0 Å². The Kier molecular flexibility index (Phi) is 22.9. The van der Waals surface area contributed by atoms with Gasteiger partial charge in [-0.25, -0.2) is 0 Å². The van der Waals surface area contributed by atoms with Gasteiger partial charge in [-0.2, -0.15) is 0 Å². The van der Waals surface area contributed by atoms with Gasteiger partial charge in [0.25, 0.3) is 0 Å². The number of nitrogens with two attached hydrogens (primary N) is 2. The summed E-state index contributed by atoms with van der Waals surface area (Å²) in [4.78, 5) is 104. The van der Waals surface area contributed by atoms with E-state index in [9.17, 15) is 63.9 Å². The number of carbonyl (C=O) groups is 8. The van der Waals surface area contributed by atoms with Crippen molar-refractivity contribution >= 4 is 47.3 Å². The molecule has 0 radical (unpaired) electrons. The summed E-state index contributed by atoms with van der Waals surface area (Å²) < 4.78 is 0. The number of rotatable bonds is 26. The van der Waals surface area contributed by atoms with Gasteiger partial charge in [-0.05, 0) is 71.4 Å². The lowest BCUT2D eigenvalue weighted by Crippen LogP contribution is -2.64. The molecule has 0 bridgehead atoms. The molecule has 0 aliphatic carbocycles. The minimum atomic E-state index is -1.86. The van der Waals surface area contributed by atoms with Crippen molar-refractivity contribution in [2.24, 2.45) is 17.4 Å². The van der Waals surface area contributed by atoms with Crippen LogP contribution >= 0.6 is 0 Å². The zero-order valence-electron chi connectivity index (χ0n) is 34.7. The maximum Gasteiger partial charge on any atom is 0.325 e. The van der Waals surface area contributed by atoms with E-state index in [1.165, 1.54) is 13.8 Å². The predicted octanol–water partition coefficient (Wildman–Crippen LogP) is -5.03. The summed E-state index contributed by atoms with van der Waals surface area (Å²) in [5.74, 6) is -8.98. The van der Waals surface area contributed by atoms with Gasteiger partial charge in [-0.1, -0.05) is 44.2 Å². The summed E-state index contributed by atoms with van der Waals surface area (Å²) >= 11 is 0. The fourth-order valence-corrected chi connectivity index (χ4v) is 5.57. The third-order valence-electron chi connectivity index (χ3n) is 9.19. The van der Waals surface area contributed by atoms with Crippen molar-refractivity contribution in [2.45, 2.75) is 134 Å². The minimum Gasteiger partial charge on any atom is -0.480 e. The summed E-state index contributed by atoms with van der Waals surface area (Å²) in [6.07, 6.45) is -3.73. The lowest BCUT2D eigenvalue weighted by atomic mass is 10.0. The van der Waals surface area contributed by atoms with Gasteiger partial charge in [-0.15, -0.1) is 0 Å². The highest BCUT2D eigenvalue weighted by molar-refractivity contribution is 5.98. The summed E-state index contributed by atoms with van der Waals surface area (Å²) in [5, 5.41) is 66.5. The molecule has 0 spiro atoms. The van der Waals surface area contributed by atoms with Crippen molar-refractivity contribution < 1.29 is 63.9 Å². The molecular weight excluding hydrogens is 790 g/mol. The van der Waals surface area contributed by atoms with Gasteiger partial charge in [0.05, 0.1) is 31.0 Å². The number of aliphatic hydroxyl groups is 4. The first-order valence-electron chi connectivity index (χ1n) is 19.6. The van der Waals surface area contributed by atoms with Crippen LogP contribution in [0, 0.1) is 5.92 Å². The van der Waals surface area contributed by atoms with Crippen molar-refractivity contribution in [1.82, 2.24) is 37.2 Å². The molecule has 7 amide bonds. The van der Waals surface area contributed by atoms with E-state index in [1.807, 2.05) is 0 Å². The quantitative estimate of drug-likeness (QED) is 0.0388. The van der Waals surface area contributed by atoms with Crippen molar-refractivity contribution in [3.8, 4) is 0 Å². The standard InChI is InChI=1S/C38H63N9O13/c1-18(2)27(34(55)42-25(14-10-11-15-39)32(53)41-19(3)38(59)60)44-36(57)30(22(6)51)47-37(58)29(21(5)50)46-33(54)26(17-48)43-35(56)28(20(4)49)45-31(52)24(40)16-23-12-8-7-9-13-23/h7-9,12-13,18-22,24-30,48-51H,10-11,14-17,39-40H2,1-6H3,(H,41,53)(H,42,55)(H,43,56)(H,44,57)(H,45,52)(H,46,54)(H,47,58)(H,59,60)/t19-,20+,21+,22+,24-,25-,26-,27-,28-,29-,30-/m0/s1. The van der Waals surface area contributed by atoms with E-state index in [0.717, 1.165) is 19.4 Å². The Labute approximate surface area is 348 Å². The molecule has 16 N–H and O–H groups in total. The molecule has 0 saturated heterocycles. The molecule has 22 nitrogen and oxygen atoms in total. The molecule has 1 rings (SSSR count). The maximum absolute atomic E-state index is 13.5. The van der Waals surface area contributed by atoms with E-state index >= 15 is 0 Å². The number of benzene rings is 1. The second kappa shape index (κ2) is 26.1. The highest BCUT2D eigenvalue weighted by Crippen LogP contribution is 2.09. The number of unbranched alkanes of at least 4 members (excludes halogenated alkanes) is 1. The second-order valence-electron chi connectivity index (χ2n) is 14.9. The van der Waals surface area contributed by atoms with E-state index < -0.39 is 126 Å². The highest BCUT2D eigenvalue weighted by Gasteiger charge is 2.37. The highest BCUT2D eigenvalue weighted by atomic mass is 16.4. The number of carboxylic acid groups (broad SMARTS) is 1. The lowest BCUT2D eigenvalue weighted by molar-refractivity contribution is -0.142. The molecule has 0 aliphatic heterocycles. The third-order valence-corrected chi connectivity index (χ3v) is 9.19. The van der Waals surface area contributed by atoms with Crippen LogP contribution in [-0.4, -0.2) is 153 Å². The summed E-state index contributed by atoms with van der Waals surface area (Å²) in [6.45, 7) is 7.02. The zero-order chi connectivity index (χ0) is 45.9. The molecular formula is C38H63N9O13. The van der Waals surface area contributed by atoms with Crippen molar-refractivity contribution in [3.63, 3.8) is 0 Å². The van der Waals surface area contributed by atoms with E-state index in [0.29, 0.717) is 19.4 Å². The van der Waals surface area contributed by atoms with E-state index in [-0.39, 0.29) is 12.8 Å². The number of aliphatic hydroxyl groups excluding tert-OH is 4. The third kappa shape index (κ3) is 17.5. The van der Waals surface area contributed by atoms with Gasteiger partial charge < -0.3 is 74.2 Å². The first-order chi connectivity index (χ1) is 28.0. The molecule has 338 valence electrons. The number of hydrogen-bond donors (Lipinski definition) is 14. The SMILES string of the molecule is CC(C)[C@H](NC(=O)[C@@H](NC(=O)[C@@H](NC(=O)[C@H](CO)NC(=O)[C@@H](NC(=O)[C@@H](N)Cc1ccccc1)[C@@H](C)O)[C@@H](C)O)[C@@H](C)O)C(=O)N[C@@H](CCCCN)C(=O)N[C@@H](C)C(=O)O. The normalized spacial score (nSPS) is 16.8. The maximum atomic E-state index is 13.5. The average Bonchev–Trinajstić information content (AvgIpc) is 3.17. The van der Waals surface area contributed by atoms with Crippen LogP contribution in [0.3, 0.4) is 0 Å². The molecule has 0 heterocycles. The monoisotopic (exact) mass is 853 g/mol. The fourth-order valence-electron chi connectivity index (χ4n) is 5.57. The fraction of sp³-hybridized carbons (Fsp3) is 0.632. The Morgan fingerprint density at radius 1 is 0.567 bits per heavy atom. The van der Waals surface area contributed by atoms with Gasteiger partial charge >= 0.3 is 5.97 Å². The number of carboxylic acids is 1. The van der Waals surface area contributed by atoms with Crippen LogP contribution in [0.1, 0.15) is 66.4 Å². The Hall–Kier alpha value is -5.26. The smallest absolute Gasteiger partial charge is 0.325 e. The predicted molar refractivity (Wildman–Crippen MR) is 215 cm³/mol. The van der Waals surface area contributed by atoms with Gasteiger partial charge in [0, 0.05) is 0 Å². The number of carbonyl (C=O) groups excluding carboxylic acids is 7. The van der Waals surface area contributed by atoms with Crippen LogP contribution in [0.2, 0.25) is 0 Å². The van der Waals surface area contributed by atoms with E-state index in [1.54, 1.807) is 44.2 Å². The molecule has 1 aromatic rings. The van der Waals surface area contributed by atoms with E-state index in [4.69, 9.17) is 11.5 Å². The molecule has 0 aliphatic rings. The van der Waals surface area contributed by atoms with Crippen LogP contribution in [0.4, 0.5) is 0 Å². The topological polar surface area (TPSA) is 374 Å². The Morgan fingerprint density at radius 2 is 0.983 bits per heavy atom. The van der Waals surface area contributed by atoms with Gasteiger partial charge in [0.15, 0.2) is 0 Å². The van der Waals surface area contributed by atoms with Gasteiger partial charge in [0.1, 0.15) is 42.3 Å². The number of amides is 7. The molecule has 22 heteroatoms. The average molecular weight is 854 g/mol. The van der Waals surface area contributed by atoms with Gasteiger partial charge in [0.2, 0.25) is 41.4 Å². The first kappa shape index (κ1) is 52.8. The minimum absolute atomic E-state index is 0.0844. The lowest BCUT2D eigenvalue weighted by Gasteiger charge is -2.30. The van der Waals surface area contributed by atoms with Crippen molar-refractivity contribution in [2.75, 3.05) is 13.2 Å². The number of nitrogens with one attached hydrogen (secondary N) is 7.